The number of Topliss-reactive ketones (excluding diaryl/α,β-unsaturated/α-hetero) is 2. The van der Waals surface area contributed by atoms with Crippen LogP contribution in [0.3, 0.4) is 0 Å². The van der Waals surface area contributed by atoms with Gasteiger partial charge in [-0.1, -0.05) is 42.5 Å². The third kappa shape index (κ3) is 4.53. The molecule has 0 saturated carbocycles. The summed E-state index contributed by atoms with van der Waals surface area (Å²) in [6.45, 7) is 6.32. The summed E-state index contributed by atoms with van der Waals surface area (Å²) < 4.78 is 5.32. The number of aryl methyl sites for hydroxylation is 1. The standard InChI is InChI=1S/C25H23NO5/c1-14-21(16(3)27)15(2)26-22(14)23(28)17(4)31-25(30)20-12-10-19(11-13-20)24(29)18-8-6-5-7-9-18/h5-13,17,26H,1-4H3/t17-/m0/s1. The summed E-state index contributed by atoms with van der Waals surface area (Å²) in [5, 5.41) is 0. The topological polar surface area (TPSA) is 93.3 Å². The second kappa shape index (κ2) is 8.92. The highest BCUT2D eigenvalue weighted by Gasteiger charge is 2.26. The molecule has 3 rings (SSSR count). The minimum absolute atomic E-state index is 0.139. The number of aromatic amines is 1. The zero-order valence-corrected chi connectivity index (χ0v) is 17.8. The molecule has 2 aromatic carbocycles. The summed E-state index contributed by atoms with van der Waals surface area (Å²) in [4.78, 5) is 52.4. The third-order valence-corrected chi connectivity index (χ3v) is 5.11. The van der Waals surface area contributed by atoms with Crippen molar-refractivity contribution in [2.75, 3.05) is 0 Å². The molecule has 0 unspecified atom stereocenters. The zero-order chi connectivity index (χ0) is 22.7. The minimum Gasteiger partial charge on any atom is -0.451 e. The van der Waals surface area contributed by atoms with Gasteiger partial charge in [-0.15, -0.1) is 0 Å². The number of ether oxygens (including phenoxy) is 1. The van der Waals surface area contributed by atoms with Crippen molar-refractivity contribution in [3.63, 3.8) is 0 Å². The quantitative estimate of drug-likeness (QED) is 0.451. The summed E-state index contributed by atoms with van der Waals surface area (Å²) in [5.74, 6) is -1.38. The van der Waals surface area contributed by atoms with E-state index in [-0.39, 0.29) is 22.8 Å². The number of carbonyl (C=O) groups is 4. The normalized spacial score (nSPS) is 11.6. The Morgan fingerprint density at radius 2 is 1.39 bits per heavy atom. The monoisotopic (exact) mass is 417 g/mol. The maximum absolute atomic E-state index is 12.8. The SMILES string of the molecule is CC(=O)c1c(C)[nH]c(C(=O)[C@H](C)OC(=O)c2ccc(C(=O)c3ccccc3)cc2)c1C. The number of benzene rings is 2. The van der Waals surface area contributed by atoms with Gasteiger partial charge in [0.1, 0.15) is 0 Å². The number of nitrogens with one attached hydrogen (secondary N) is 1. The number of H-pyrrole nitrogens is 1. The van der Waals surface area contributed by atoms with Crippen LogP contribution in [0, 0.1) is 13.8 Å². The minimum atomic E-state index is -1.05. The van der Waals surface area contributed by atoms with E-state index in [0.717, 1.165) is 0 Å². The van der Waals surface area contributed by atoms with Crippen LogP contribution in [-0.2, 0) is 4.74 Å². The third-order valence-electron chi connectivity index (χ3n) is 5.11. The molecule has 1 heterocycles. The van der Waals surface area contributed by atoms with Crippen LogP contribution in [0.1, 0.15) is 72.2 Å². The molecule has 0 bridgehead atoms. The van der Waals surface area contributed by atoms with Crippen molar-refractivity contribution in [2.24, 2.45) is 0 Å². The molecule has 0 fully saturated rings. The number of aromatic nitrogens is 1. The highest BCUT2D eigenvalue weighted by atomic mass is 16.5. The van der Waals surface area contributed by atoms with E-state index in [2.05, 4.69) is 4.98 Å². The van der Waals surface area contributed by atoms with E-state index in [4.69, 9.17) is 4.74 Å². The van der Waals surface area contributed by atoms with Gasteiger partial charge in [-0.2, -0.15) is 0 Å². The second-order valence-electron chi connectivity index (χ2n) is 7.37. The summed E-state index contributed by atoms with van der Waals surface area (Å²) in [5.41, 5.74) is 3.10. The molecule has 0 aliphatic rings. The van der Waals surface area contributed by atoms with Gasteiger partial charge in [0.05, 0.1) is 11.3 Å². The van der Waals surface area contributed by atoms with E-state index < -0.39 is 17.9 Å². The first-order valence-corrected chi connectivity index (χ1v) is 9.85. The van der Waals surface area contributed by atoms with Gasteiger partial charge in [0.15, 0.2) is 17.7 Å². The van der Waals surface area contributed by atoms with Crippen molar-refractivity contribution in [1.82, 2.24) is 4.98 Å². The fourth-order valence-corrected chi connectivity index (χ4v) is 3.52. The fraction of sp³-hybridized carbons (Fsp3) is 0.200. The van der Waals surface area contributed by atoms with Gasteiger partial charge in [-0.05, 0) is 45.4 Å². The molecule has 3 aromatic rings. The van der Waals surface area contributed by atoms with Crippen LogP contribution in [0.25, 0.3) is 0 Å². The summed E-state index contributed by atoms with van der Waals surface area (Å²) in [7, 11) is 0. The van der Waals surface area contributed by atoms with Gasteiger partial charge in [-0.3, -0.25) is 14.4 Å². The lowest BCUT2D eigenvalue weighted by Gasteiger charge is -2.12. The molecule has 0 aliphatic heterocycles. The van der Waals surface area contributed by atoms with Gasteiger partial charge < -0.3 is 9.72 Å². The van der Waals surface area contributed by atoms with E-state index >= 15 is 0 Å². The van der Waals surface area contributed by atoms with Gasteiger partial charge in [-0.25, -0.2) is 4.79 Å². The first-order chi connectivity index (χ1) is 14.7. The summed E-state index contributed by atoms with van der Waals surface area (Å²) in [6.07, 6.45) is -1.05. The molecular formula is C25H23NO5. The number of ketones is 3. The lowest BCUT2D eigenvalue weighted by molar-refractivity contribution is 0.0317. The van der Waals surface area contributed by atoms with Crippen LogP contribution in [0.5, 0.6) is 0 Å². The van der Waals surface area contributed by atoms with Crippen molar-refractivity contribution < 1.29 is 23.9 Å². The second-order valence-corrected chi connectivity index (χ2v) is 7.37. The molecule has 1 atom stereocenters. The summed E-state index contributed by atoms with van der Waals surface area (Å²) >= 11 is 0. The molecular weight excluding hydrogens is 394 g/mol. The predicted octanol–water partition coefficient (Wildman–Crippen LogP) is 4.49. The first kappa shape index (κ1) is 21.9. The largest absolute Gasteiger partial charge is 0.451 e. The Morgan fingerprint density at radius 3 is 1.94 bits per heavy atom. The van der Waals surface area contributed by atoms with Crippen LogP contribution in [0.15, 0.2) is 54.6 Å². The number of rotatable bonds is 7. The average molecular weight is 417 g/mol. The lowest BCUT2D eigenvalue weighted by Crippen LogP contribution is -2.25. The van der Waals surface area contributed by atoms with E-state index in [1.54, 1.807) is 50.2 Å². The number of hydrogen-bond acceptors (Lipinski definition) is 5. The lowest BCUT2D eigenvalue weighted by atomic mass is 10.0. The number of carbonyl (C=O) groups excluding carboxylic acids is 4. The Hall–Kier alpha value is -3.80. The van der Waals surface area contributed by atoms with E-state index in [1.807, 2.05) is 6.07 Å². The van der Waals surface area contributed by atoms with Gasteiger partial charge in [0.2, 0.25) is 5.78 Å². The zero-order valence-electron chi connectivity index (χ0n) is 17.8. The van der Waals surface area contributed by atoms with Crippen molar-refractivity contribution in [3.8, 4) is 0 Å². The van der Waals surface area contributed by atoms with Crippen LogP contribution in [-0.4, -0.2) is 34.4 Å². The maximum atomic E-state index is 12.8. The van der Waals surface area contributed by atoms with Crippen LogP contribution >= 0.6 is 0 Å². The Kier molecular flexibility index (Phi) is 6.30. The average Bonchev–Trinajstić information content (AvgIpc) is 3.07. The van der Waals surface area contributed by atoms with E-state index in [1.165, 1.54) is 26.0 Å². The van der Waals surface area contributed by atoms with Crippen LogP contribution in [0.2, 0.25) is 0 Å². The fourth-order valence-electron chi connectivity index (χ4n) is 3.52. The van der Waals surface area contributed by atoms with Crippen molar-refractivity contribution in [1.29, 1.82) is 0 Å². The van der Waals surface area contributed by atoms with Crippen molar-refractivity contribution >= 4 is 23.3 Å². The van der Waals surface area contributed by atoms with Gasteiger partial charge in [0.25, 0.3) is 0 Å². The Labute approximate surface area is 180 Å². The van der Waals surface area contributed by atoms with Crippen molar-refractivity contribution in [2.45, 2.75) is 33.8 Å². The molecule has 158 valence electrons. The maximum Gasteiger partial charge on any atom is 0.338 e. The number of esters is 1. The number of hydrogen-bond donors (Lipinski definition) is 1. The van der Waals surface area contributed by atoms with Gasteiger partial charge >= 0.3 is 5.97 Å². The smallest absolute Gasteiger partial charge is 0.338 e. The molecule has 0 amide bonds. The molecule has 0 spiro atoms. The van der Waals surface area contributed by atoms with Crippen LogP contribution < -0.4 is 0 Å². The Bertz CT molecular complexity index is 1160. The molecule has 6 heteroatoms. The van der Waals surface area contributed by atoms with Crippen LogP contribution in [0.4, 0.5) is 0 Å². The molecule has 0 aliphatic carbocycles. The molecule has 1 N–H and O–H groups in total. The Morgan fingerprint density at radius 1 is 0.839 bits per heavy atom. The molecule has 0 radical (unpaired) electrons. The first-order valence-electron chi connectivity index (χ1n) is 9.85. The summed E-state index contributed by atoms with van der Waals surface area (Å²) in [6, 6.07) is 14.9. The van der Waals surface area contributed by atoms with Crippen molar-refractivity contribution in [3.05, 3.63) is 93.8 Å². The molecule has 31 heavy (non-hydrogen) atoms. The predicted molar refractivity (Wildman–Crippen MR) is 116 cm³/mol. The van der Waals surface area contributed by atoms with E-state index in [9.17, 15) is 19.2 Å². The molecule has 6 nitrogen and oxygen atoms in total. The van der Waals surface area contributed by atoms with E-state index in [0.29, 0.717) is 27.9 Å². The molecule has 1 aromatic heterocycles. The highest BCUT2D eigenvalue weighted by molar-refractivity contribution is 6.09. The molecule has 0 saturated heterocycles. The Balaban J connectivity index is 1.71. The van der Waals surface area contributed by atoms with Gasteiger partial charge in [0, 0.05) is 22.4 Å². The highest BCUT2D eigenvalue weighted by Crippen LogP contribution is 2.21.